The molecular formula is C16H21N3O3. The molecule has 1 spiro atoms. The molecule has 3 rings (SSSR count). The van der Waals surface area contributed by atoms with Gasteiger partial charge in [0.25, 0.3) is 0 Å². The second-order valence-corrected chi connectivity index (χ2v) is 6.77. The van der Waals surface area contributed by atoms with Gasteiger partial charge in [0.1, 0.15) is 0 Å². The zero-order valence-corrected chi connectivity index (χ0v) is 12.6. The molecule has 0 aromatic rings. The second-order valence-electron chi connectivity index (χ2n) is 6.77. The average molecular weight is 303 g/mol. The number of likely N-dealkylation sites (tertiary alicyclic amines) is 1. The van der Waals surface area contributed by atoms with Crippen molar-refractivity contribution in [2.75, 3.05) is 13.1 Å². The van der Waals surface area contributed by atoms with Crippen LogP contribution in [0.15, 0.2) is 10.2 Å². The Hall–Kier alpha value is -1.90. The van der Waals surface area contributed by atoms with Crippen molar-refractivity contribution < 1.29 is 14.7 Å². The number of carboxylic acid groups (broad SMARTS) is 1. The van der Waals surface area contributed by atoms with Crippen molar-refractivity contribution in [3.8, 4) is 12.3 Å². The Morgan fingerprint density at radius 3 is 2.50 bits per heavy atom. The lowest BCUT2D eigenvalue weighted by Gasteiger charge is -2.40. The Balaban J connectivity index is 1.53. The largest absolute Gasteiger partial charge is 0.481 e. The van der Waals surface area contributed by atoms with E-state index in [9.17, 15) is 14.7 Å². The molecule has 3 aliphatic rings. The van der Waals surface area contributed by atoms with Gasteiger partial charge in [0.2, 0.25) is 5.91 Å². The molecule has 2 aliphatic heterocycles. The summed E-state index contributed by atoms with van der Waals surface area (Å²) in [7, 11) is 0. The van der Waals surface area contributed by atoms with Crippen LogP contribution in [-0.2, 0) is 9.59 Å². The van der Waals surface area contributed by atoms with E-state index >= 15 is 0 Å². The van der Waals surface area contributed by atoms with E-state index < -0.39 is 17.6 Å². The van der Waals surface area contributed by atoms with Gasteiger partial charge in [0, 0.05) is 44.2 Å². The number of carbonyl (C=O) groups is 2. The van der Waals surface area contributed by atoms with Gasteiger partial charge in [-0.1, -0.05) is 6.42 Å². The molecule has 0 aromatic carbocycles. The van der Waals surface area contributed by atoms with Crippen LogP contribution in [0.1, 0.15) is 44.9 Å². The molecule has 0 bridgehead atoms. The van der Waals surface area contributed by atoms with Crippen LogP contribution in [0.4, 0.5) is 0 Å². The molecule has 1 atom stereocenters. The van der Waals surface area contributed by atoms with Gasteiger partial charge < -0.3 is 10.0 Å². The number of hydrogen-bond acceptors (Lipinski definition) is 4. The van der Waals surface area contributed by atoms with Crippen molar-refractivity contribution in [3.05, 3.63) is 0 Å². The third-order valence-corrected chi connectivity index (χ3v) is 5.44. The summed E-state index contributed by atoms with van der Waals surface area (Å²) < 4.78 is 0. The third kappa shape index (κ3) is 2.60. The number of carboxylic acids is 1. The molecule has 6 nitrogen and oxygen atoms in total. The minimum atomic E-state index is -0.771. The molecule has 1 saturated heterocycles. The van der Waals surface area contributed by atoms with Gasteiger partial charge in [0.15, 0.2) is 5.66 Å². The van der Waals surface area contributed by atoms with Crippen LogP contribution in [0.25, 0.3) is 0 Å². The lowest BCUT2D eigenvalue weighted by atomic mass is 9.63. The first kappa shape index (κ1) is 15.0. The highest BCUT2D eigenvalue weighted by Crippen LogP contribution is 2.52. The number of nitrogens with zero attached hydrogens (tertiary/aromatic N) is 3. The molecule has 1 unspecified atom stereocenters. The van der Waals surface area contributed by atoms with Gasteiger partial charge in [-0.15, -0.1) is 12.3 Å². The van der Waals surface area contributed by atoms with E-state index in [2.05, 4.69) is 16.1 Å². The predicted molar refractivity (Wildman–Crippen MR) is 78.9 cm³/mol. The van der Waals surface area contributed by atoms with E-state index in [1.54, 1.807) is 4.90 Å². The fraction of sp³-hybridized carbons (Fsp3) is 0.750. The number of amides is 1. The van der Waals surface area contributed by atoms with Gasteiger partial charge in [-0.2, -0.15) is 10.2 Å². The Kier molecular flexibility index (Phi) is 3.67. The third-order valence-electron chi connectivity index (χ3n) is 5.44. The fourth-order valence-electron chi connectivity index (χ4n) is 3.77. The molecule has 1 amide bonds. The number of carbonyl (C=O) groups excluding carboxylic acids is 1. The van der Waals surface area contributed by atoms with Crippen LogP contribution in [0.3, 0.4) is 0 Å². The summed E-state index contributed by atoms with van der Waals surface area (Å²) >= 11 is 0. The molecule has 0 radical (unpaired) electrons. The molecule has 6 heteroatoms. The highest BCUT2D eigenvalue weighted by Gasteiger charge is 2.54. The minimum absolute atomic E-state index is 0.0207. The smallest absolute Gasteiger partial charge is 0.308 e. The summed E-state index contributed by atoms with van der Waals surface area (Å²) in [6.45, 7) is 0.939. The molecule has 118 valence electrons. The van der Waals surface area contributed by atoms with E-state index in [1.165, 1.54) is 0 Å². The summed E-state index contributed by atoms with van der Waals surface area (Å²) in [6.07, 6.45) is 10.4. The lowest BCUT2D eigenvalue weighted by molar-refractivity contribution is -0.146. The SMILES string of the molecule is C#CCCC1(CCC(=O)N2CC(C(=O)O)C3(CCC3)C2)N=N1. The van der Waals surface area contributed by atoms with Gasteiger partial charge >= 0.3 is 5.97 Å². The maximum absolute atomic E-state index is 12.4. The Morgan fingerprint density at radius 1 is 1.32 bits per heavy atom. The first-order chi connectivity index (χ1) is 10.5. The van der Waals surface area contributed by atoms with E-state index in [0.29, 0.717) is 38.8 Å². The Bertz CT molecular complexity index is 553. The Morgan fingerprint density at radius 2 is 2.05 bits per heavy atom. The monoisotopic (exact) mass is 303 g/mol. The fourth-order valence-corrected chi connectivity index (χ4v) is 3.77. The highest BCUT2D eigenvalue weighted by atomic mass is 16.4. The van der Waals surface area contributed by atoms with E-state index in [4.69, 9.17) is 6.42 Å². The van der Waals surface area contributed by atoms with E-state index in [1.807, 2.05) is 0 Å². The topological polar surface area (TPSA) is 82.3 Å². The van der Waals surface area contributed by atoms with Crippen molar-refractivity contribution in [1.29, 1.82) is 0 Å². The molecule has 1 saturated carbocycles. The van der Waals surface area contributed by atoms with Crippen LogP contribution < -0.4 is 0 Å². The van der Waals surface area contributed by atoms with E-state index in [-0.39, 0.29) is 11.3 Å². The quantitative estimate of drug-likeness (QED) is 0.762. The Labute approximate surface area is 130 Å². The zero-order chi connectivity index (χ0) is 15.8. The molecular weight excluding hydrogens is 282 g/mol. The van der Waals surface area contributed by atoms with Crippen molar-refractivity contribution >= 4 is 11.9 Å². The highest BCUT2D eigenvalue weighted by molar-refractivity contribution is 5.79. The summed E-state index contributed by atoms with van der Waals surface area (Å²) in [6, 6.07) is 0. The number of hydrogen-bond donors (Lipinski definition) is 1. The van der Waals surface area contributed by atoms with Gasteiger partial charge in [-0.3, -0.25) is 9.59 Å². The molecule has 0 aromatic heterocycles. The number of rotatable bonds is 6. The summed E-state index contributed by atoms with van der Waals surface area (Å²) in [5.41, 5.74) is -0.612. The van der Waals surface area contributed by atoms with Crippen molar-refractivity contribution in [3.63, 3.8) is 0 Å². The zero-order valence-electron chi connectivity index (χ0n) is 12.6. The van der Waals surface area contributed by atoms with Crippen LogP contribution in [0.2, 0.25) is 0 Å². The standard InChI is InChI=1S/C16H21N3O3/c1-2-3-8-16(17-18-16)9-5-13(20)19-10-12(14(21)22)15(11-19)6-4-7-15/h1,12H,3-11H2,(H,21,22). The molecule has 2 fully saturated rings. The molecule has 1 N–H and O–H groups in total. The predicted octanol–water partition coefficient (Wildman–Crippen LogP) is 2.06. The molecule has 22 heavy (non-hydrogen) atoms. The second kappa shape index (κ2) is 5.38. The lowest BCUT2D eigenvalue weighted by Crippen LogP contribution is -2.41. The van der Waals surface area contributed by atoms with Gasteiger partial charge in [0.05, 0.1) is 5.92 Å². The minimum Gasteiger partial charge on any atom is -0.481 e. The first-order valence-corrected chi connectivity index (χ1v) is 7.88. The summed E-state index contributed by atoms with van der Waals surface area (Å²) in [5, 5.41) is 17.5. The van der Waals surface area contributed by atoms with Crippen LogP contribution in [-0.4, -0.2) is 40.6 Å². The number of terminal acetylenes is 1. The summed E-state index contributed by atoms with van der Waals surface area (Å²) in [5.74, 6) is 1.41. The van der Waals surface area contributed by atoms with Gasteiger partial charge in [-0.05, 0) is 12.8 Å². The first-order valence-electron chi connectivity index (χ1n) is 7.88. The average Bonchev–Trinajstić information content (AvgIpc) is 3.09. The van der Waals surface area contributed by atoms with Gasteiger partial charge in [-0.25, -0.2) is 0 Å². The maximum Gasteiger partial charge on any atom is 0.308 e. The summed E-state index contributed by atoms with van der Waals surface area (Å²) in [4.78, 5) is 25.6. The maximum atomic E-state index is 12.4. The number of aliphatic carboxylic acids is 1. The molecule has 1 aliphatic carbocycles. The van der Waals surface area contributed by atoms with Crippen molar-refractivity contribution in [2.24, 2.45) is 21.6 Å². The van der Waals surface area contributed by atoms with Crippen LogP contribution in [0, 0.1) is 23.7 Å². The van der Waals surface area contributed by atoms with E-state index in [0.717, 1.165) is 19.3 Å². The molecule has 2 heterocycles. The van der Waals surface area contributed by atoms with Crippen molar-refractivity contribution in [1.82, 2.24) is 4.90 Å². The van der Waals surface area contributed by atoms with Crippen molar-refractivity contribution in [2.45, 2.75) is 50.6 Å². The van der Waals surface area contributed by atoms with Crippen LogP contribution >= 0.6 is 0 Å². The normalized spacial score (nSPS) is 26.5. The van der Waals surface area contributed by atoms with Crippen LogP contribution in [0.5, 0.6) is 0 Å².